The molecule has 6 nitrogen and oxygen atoms in total. The summed E-state index contributed by atoms with van der Waals surface area (Å²) in [4.78, 5) is 32.4. The van der Waals surface area contributed by atoms with Gasteiger partial charge in [0.25, 0.3) is 5.91 Å². The lowest BCUT2D eigenvalue weighted by molar-refractivity contribution is -0.121. The van der Waals surface area contributed by atoms with E-state index in [1.54, 1.807) is 24.3 Å². The second-order valence-corrected chi connectivity index (χ2v) is 9.26. The number of hydrogen-bond acceptors (Lipinski definition) is 4. The van der Waals surface area contributed by atoms with Crippen molar-refractivity contribution in [3.63, 3.8) is 0 Å². The smallest absolute Gasteiger partial charge is 0.258 e. The molecule has 1 aromatic heterocycles. The standard InChI is InChI=1S/C26H26Cl2N4O2.ClH/c1-17(18-5-3-2-4-6-18)32-13-11-19(12-14-32)25(33)30-23-9-7-20(27)15-22(23)26(34)31-24-10-8-21(28)16-29-24;/h2-10,15-17,19H,11-14H2,1H3,(H,30,33)(H,29,31,34);1H. The van der Waals surface area contributed by atoms with Crippen LogP contribution in [0, 0.1) is 5.92 Å². The molecule has 0 saturated carbocycles. The Labute approximate surface area is 221 Å². The number of halogens is 3. The summed E-state index contributed by atoms with van der Waals surface area (Å²) in [5.74, 6) is -0.276. The summed E-state index contributed by atoms with van der Waals surface area (Å²) >= 11 is 12.0. The Morgan fingerprint density at radius 2 is 1.66 bits per heavy atom. The molecular formula is C26H27Cl3N4O2. The molecule has 1 atom stereocenters. The largest absolute Gasteiger partial charge is 0.325 e. The van der Waals surface area contributed by atoms with Crippen molar-refractivity contribution in [2.45, 2.75) is 25.8 Å². The monoisotopic (exact) mass is 532 g/mol. The van der Waals surface area contributed by atoms with Crippen LogP contribution in [-0.2, 0) is 4.79 Å². The van der Waals surface area contributed by atoms with Gasteiger partial charge in [0.15, 0.2) is 0 Å². The summed E-state index contributed by atoms with van der Waals surface area (Å²) in [5.41, 5.74) is 1.96. The van der Waals surface area contributed by atoms with E-state index < -0.39 is 5.91 Å². The van der Waals surface area contributed by atoms with Crippen LogP contribution in [0.15, 0.2) is 66.9 Å². The second kappa shape index (κ2) is 12.4. The molecule has 0 aliphatic carbocycles. The Kier molecular flexibility index (Phi) is 9.52. The Balaban J connectivity index is 0.00000342. The number of rotatable bonds is 6. The zero-order chi connectivity index (χ0) is 24.1. The average Bonchev–Trinajstić information content (AvgIpc) is 2.86. The van der Waals surface area contributed by atoms with E-state index in [1.807, 2.05) is 6.07 Å². The number of benzene rings is 2. The molecule has 3 aromatic rings. The van der Waals surface area contributed by atoms with Crippen molar-refractivity contribution >= 4 is 58.9 Å². The van der Waals surface area contributed by atoms with Gasteiger partial charge in [0.05, 0.1) is 16.3 Å². The lowest BCUT2D eigenvalue weighted by Crippen LogP contribution is -2.39. The van der Waals surface area contributed by atoms with Crippen molar-refractivity contribution in [2.75, 3.05) is 23.7 Å². The highest BCUT2D eigenvalue weighted by Gasteiger charge is 2.28. The molecule has 1 fully saturated rings. The Morgan fingerprint density at radius 1 is 0.971 bits per heavy atom. The van der Waals surface area contributed by atoms with Gasteiger partial charge in [-0.05, 0) is 68.8 Å². The average molecular weight is 534 g/mol. The minimum atomic E-state index is -0.417. The number of piperidine rings is 1. The zero-order valence-electron chi connectivity index (χ0n) is 19.2. The highest BCUT2D eigenvalue weighted by atomic mass is 35.5. The van der Waals surface area contributed by atoms with Crippen LogP contribution < -0.4 is 10.6 Å². The number of nitrogens with one attached hydrogen (secondary N) is 2. The Morgan fingerprint density at radius 3 is 2.31 bits per heavy atom. The summed E-state index contributed by atoms with van der Waals surface area (Å²) in [7, 11) is 0. The number of hydrogen-bond donors (Lipinski definition) is 2. The highest BCUT2D eigenvalue weighted by Crippen LogP contribution is 2.28. The van der Waals surface area contributed by atoms with Gasteiger partial charge in [0.1, 0.15) is 5.82 Å². The van der Waals surface area contributed by atoms with Gasteiger partial charge in [-0.25, -0.2) is 4.98 Å². The number of carbonyl (C=O) groups excluding carboxylic acids is 2. The van der Waals surface area contributed by atoms with Gasteiger partial charge >= 0.3 is 0 Å². The SMILES string of the molecule is CC(c1ccccc1)N1CCC(C(=O)Nc2ccc(Cl)cc2C(=O)Nc2ccc(Cl)cn2)CC1.Cl. The Bertz CT molecular complexity index is 1150. The van der Waals surface area contributed by atoms with Crippen LogP contribution in [0.5, 0.6) is 0 Å². The fraction of sp³-hybridized carbons (Fsp3) is 0.269. The van der Waals surface area contributed by atoms with Crippen molar-refractivity contribution in [3.8, 4) is 0 Å². The van der Waals surface area contributed by atoms with E-state index in [0.29, 0.717) is 27.6 Å². The van der Waals surface area contributed by atoms with E-state index in [0.717, 1.165) is 25.9 Å². The third-order valence-corrected chi connectivity index (χ3v) is 6.64. The molecule has 2 amide bonds. The second-order valence-electron chi connectivity index (χ2n) is 8.39. The van der Waals surface area contributed by atoms with Crippen LogP contribution in [-0.4, -0.2) is 34.8 Å². The molecule has 9 heteroatoms. The molecule has 1 saturated heterocycles. The van der Waals surface area contributed by atoms with Gasteiger partial charge in [-0.15, -0.1) is 12.4 Å². The van der Waals surface area contributed by atoms with Gasteiger partial charge in [0, 0.05) is 23.2 Å². The summed E-state index contributed by atoms with van der Waals surface area (Å²) in [5, 5.41) is 6.52. The van der Waals surface area contributed by atoms with Crippen molar-refractivity contribution in [3.05, 3.63) is 88.0 Å². The minimum absolute atomic E-state index is 0. The molecule has 35 heavy (non-hydrogen) atoms. The maximum atomic E-state index is 13.0. The predicted molar refractivity (Wildman–Crippen MR) is 144 cm³/mol. The first-order valence-electron chi connectivity index (χ1n) is 11.2. The summed E-state index contributed by atoms with van der Waals surface area (Å²) in [6.07, 6.45) is 2.96. The lowest BCUT2D eigenvalue weighted by Gasteiger charge is -2.35. The van der Waals surface area contributed by atoms with Gasteiger partial charge in [0.2, 0.25) is 5.91 Å². The molecule has 4 rings (SSSR count). The fourth-order valence-corrected chi connectivity index (χ4v) is 4.46. The zero-order valence-corrected chi connectivity index (χ0v) is 21.5. The minimum Gasteiger partial charge on any atom is -0.325 e. The molecule has 2 aromatic carbocycles. The van der Waals surface area contributed by atoms with Crippen LogP contribution in [0.2, 0.25) is 10.0 Å². The van der Waals surface area contributed by atoms with Gasteiger partial charge in [-0.1, -0.05) is 53.5 Å². The van der Waals surface area contributed by atoms with Crippen LogP contribution in [0.3, 0.4) is 0 Å². The molecule has 0 bridgehead atoms. The molecule has 184 valence electrons. The topological polar surface area (TPSA) is 74.3 Å². The van der Waals surface area contributed by atoms with E-state index in [-0.39, 0.29) is 29.8 Å². The van der Waals surface area contributed by atoms with E-state index in [1.165, 1.54) is 17.8 Å². The van der Waals surface area contributed by atoms with Gasteiger partial charge in [-0.3, -0.25) is 14.5 Å². The third kappa shape index (κ3) is 6.95. The molecule has 1 unspecified atom stereocenters. The first-order valence-corrected chi connectivity index (χ1v) is 12.0. The van der Waals surface area contributed by atoms with Crippen LogP contribution in [0.1, 0.15) is 41.7 Å². The molecule has 2 heterocycles. The first kappa shape index (κ1) is 27.0. The van der Waals surface area contributed by atoms with Crippen LogP contribution in [0.4, 0.5) is 11.5 Å². The number of pyridine rings is 1. The van der Waals surface area contributed by atoms with Crippen molar-refractivity contribution in [1.29, 1.82) is 0 Å². The number of aromatic nitrogens is 1. The van der Waals surface area contributed by atoms with Crippen molar-refractivity contribution in [1.82, 2.24) is 9.88 Å². The maximum absolute atomic E-state index is 13.0. The molecule has 0 spiro atoms. The Hall–Kier alpha value is -2.64. The van der Waals surface area contributed by atoms with E-state index in [4.69, 9.17) is 23.2 Å². The number of nitrogens with zero attached hydrogens (tertiary/aromatic N) is 2. The molecule has 0 radical (unpaired) electrons. The number of carbonyl (C=O) groups is 2. The molecule has 2 N–H and O–H groups in total. The maximum Gasteiger partial charge on any atom is 0.258 e. The number of anilines is 2. The van der Waals surface area contributed by atoms with E-state index in [9.17, 15) is 9.59 Å². The summed E-state index contributed by atoms with van der Waals surface area (Å²) < 4.78 is 0. The van der Waals surface area contributed by atoms with Crippen molar-refractivity contribution in [2.24, 2.45) is 5.92 Å². The first-order chi connectivity index (χ1) is 16.4. The highest BCUT2D eigenvalue weighted by molar-refractivity contribution is 6.31. The van der Waals surface area contributed by atoms with Crippen LogP contribution in [0.25, 0.3) is 0 Å². The third-order valence-electron chi connectivity index (χ3n) is 6.18. The normalized spacial score (nSPS) is 15.1. The van der Waals surface area contributed by atoms with E-state index >= 15 is 0 Å². The summed E-state index contributed by atoms with van der Waals surface area (Å²) in [6, 6.07) is 18.8. The lowest BCUT2D eigenvalue weighted by atomic mass is 9.93. The fourth-order valence-electron chi connectivity index (χ4n) is 4.17. The predicted octanol–water partition coefficient (Wildman–Crippen LogP) is 6.47. The van der Waals surface area contributed by atoms with Crippen LogP contribution >= 0.6 is 35.6 Å². The van der Waals surface area contributed by atoms with Crippen molar-refractivity contribution < 1.29 is 9.59 Å². The van der Waals surface area contributed by atoms with Gasteiger partial charge < -0.3 is 10.6 Å². The molecular weight excluding hydrogens is 507 g/mol. The quantitative estimate of drug-likeness (QED) is 0.381. The molecule has 1 aliphatic rings. The van der Waals surface area contributed by atoms with Gasteiger partial charge in [-0.2, -0.15) is 0 Å². The molecule has 1 aliphatic heterocycles. The number of amides is 2. The number of likely N-dealkylation sites (tertiary alicyclic amines) is 1. The van der Waals surface area contributed by atoms with E-state index in [2.05, 4.69) is 51.7 Å². The summed E-state index contributed by atoms with van der Waals surface area (Å²) in [6.45, 7) is 3.87.